The highest BCUT2D eigenvalue weighted by Crippen LogP contribution is 2.32. The number of amides is 1. The standard InChI is InChI=1S/C16H24N4O/c21-15-14(10-13-2-1-7-17-13)18-16(19-15)5-8-20(9-6-16)11-12-3-4-12/h2,7,12,14,18H,1,3-6,8-11H2,(H,19,21). The van der Waals surface area contributed by atoms with Crippen LogP contribution in [0.1, 0.15) is 38.5 Å². The normalized spacial score (nSPS) is 31.7. The van der Waals surface area contributed by atoms with Gasteiger partial charge in [-0.3, -0.25) is 15.1 Å². The smallest absolute Gasteiger partial charge is 0.239 e. The molecule has 0 aromatic carbocycles. The van der Waals surface area contributed by atoms with E-state index in [9.17, 15) is 4.79 Å². The fraction of sp³-hybridized carbons (Fsp3) is 0.750. The summed E-state index contributed by atoms with van der Waals surface area (Å²) in [5.74, 6) is 1.10. The number of nitrogens with zero attached hydrogens (tertiary/aromatic N) is 2. The Kier molecular flexibility index (Phi) is 3.34. The number of aliphatic imine (C=N–C) groups is 1. The third-order valence-corrected chi connectivity index (χ3v) is 5.18. The van der Waals surface area contributed by atoms with E-state index in [2.05, 4.69) is 26.6 Å². The van der Waals surface area contributed by atoms with Crippen LogP contribution >= 0.6 is 0 Å². The Labute approximate surface area is 125 Å². The van der Waals surface area contributed by atoms with Crippen LogP contribution in [-0.2, 0) is 4.79 Å². The first kappa shape index (κ1) is 13.5. The third kappa shape index (κ3) is 2.90. The number of hydrogen-bond donors (Lipinski definition) is 2. The van der Waals surface area contributed by atoms with Crippen molar-refractivity contribution in [1.29, 1.82) is 0 Å². The molecule has 0 aromatic heterocycles. The third-order valence-electron chi connectivity index (χ3n) is 5.18. The lowest BCUT2D eigenvalue weighted by Gasteiger charge is -2.39. The van der Waals surface area contributed by atoms with E-state index in [-0.39, 0.29) is 17.6 Å². The Balaban J connectivity index is 1.33. The lowest BCUT2D eigenvalue weighted by atomic mass is 9.97. The summed E-state index contributed by atoms with van der Waals surface area (Å²) < 4.78 is 0. The molecule has 0 radical (unpaired) electrons. The van der Waals surface area contributed by atoms with E-state index >= 15 is 0 Å². The van der Waals surface area contributed by atoms with Gasteiger partial charge in [0.15, 0.2) is 0 Å². The molecule has 1 amide bonds. The summed E-state index contributed by atoms with van der Waals surface area (Å²) in [6, 6.07) is -0.110. The second-order valence-corrected chi connectivity index (χ2v) is 6.96. The van der Waals surface area contributed by atoms with Gasteiger partial charge in [-0.15, -0.1) is 0 Å². The zero-order valence-corrected chi connectivity index (χ0v) is 12.5. The Morgan fingerprint density at radius 2 is 2.14 bits per heavy atom. The van der Waals surface area contributed by atoms with Gasteiger partial charge in [-0.25, -0.2) is 0 Å². The Morgan fingerprint density at radius 1 is 1.33 bits per heavy atom. The number of rotatable bonds is 4. The summed E-state index contributed by atoms with van der Waals surface area (Å²) in [6.07, 6.45) is 10.5. The number of likely N-dealkylation sites (tertiary alicyclic amines) is 1. The maximum Gasteiger partial charge on any atom is 0.239 e. The van der Waals surface area contributed by atoms with Gasteiger partial charge in [-0.05, 0) is 31.6 Å². The number of allylic oxidation sites excluding steroid dienone is 1. The second kappa shape index (κ2) is 5.21. The molecule has 2 N–H and O–H groups in total. The zero-order valence-electron chi connectivity index (χ0n) is 12.5. The largest absolute Gasteiger partial charge is 0.337 e. The molecule has 5 heteroatoms. The average molecular weight is 288 g/mol. The van der Waals surface area contributed by atoms with Gasteiger partial charge in [0.1, 0.15) is 0 Å². The van der Waals surface area contributed by atoms with Crippen molar-refractivity contribution in [2.75, 3.05) is 19.6 Å². The van der Waals surface area contributed by atoms with Crippen molar-refractivity contribution >= 4 is 12.1 Å². The molecule has 4 aliphatic rings. The molecule has 2 saturated heterocycles. The first-order valence-electron chi connectivity index (χ1n) is 8.26. The highest BCUT2D eigenvalue weighted by molar-refractivity contribution is 5.85. The minimum atomic E-state index is -0.162. The topological polar surface area (TPSA) is 56.7 Å². The van der Waals surface area contributed by atoms with E-state index in [1.807, 2.05) is 6.21 Å². The maximum atomic E-state index is 12.2. The van der Waals surface area contributed by atoms with Crippen LogP contribution in [0.15, 0.2) is 16.8 Å². The average Bonchev–Trinajstić information content (AvgIpc) is 3.04. The number of carbonyl (C=O) groups is 1. The number of piperidine rings is 1. The van der Waals surface area contributed by atoms with E-state index < -0.39 is 0 Å². The maximum absolute atomic E-state index is 12.2. The van der Waals surface area contributed by atoms with Crippen molar-refractivity contribution in [1.82, 2.24) is 15.5 Å². The minimum Gasteiger partial charge on any atom is -0.337 e. The molecule has 1 unspecified atom stereocenters. The van der Waals surface area contributed by atoms with Crippen LogP contribution in [0.25, 0.3) is 0 Å². The van der Waals surface area contributed by atoms with Crippen LogP contribution in [0, 0.1) is 5.92 Å². The van der Waals surface area contributed by atoms with E-state index in [0.717, 1.165) is 50.4 Å². The van der Waals surface area contributed by atoms with Gasteiger partial charge in [0.2, 0.25) is 5.91 Å². The van der Waals surface area contributed by atoms with Crippen molar-refractivity contribution in [3.8, 4) is 0 Å². The van der Waals surface area contributed by atoms with Crippen molar-refractivity contribution in [3.63, 3.8) is 0 Å². The molecule has 3 fully saturated rings. The van der Waals surface area contributed by atoms with Crippen LogP contribution in [0.2, 0.25) is 0 Å². The quantitative estimate of drug-likeness (QED) is 0.812. The molecule has 4 rings (SSSR count). The Hall–Kier alpha value is -1.20. The fourth-order valence-electron chi connectivity index (χ4n) is 3.71. The highest BCUT2D eigenvalue weighted by atomic mass is 16.2. The molecule has 1 aliphatic carbocycles. The molecule has 1 saturated carbocycles. The van der Waals surface area contributed by atoms with E-state index in [0.29, 0.717) is 0 Å². The summed E-state index contributed by atoms with van der Waals surface area (Å²) in [5.41, 5.74) is 0.885. The van der Waals surface area contributed by atoms with Crippen LogP contribution in [-0.4, -0.2) is 48.4 Å². The molecule has 21 heavy (non-hydrogen) atoms. The van der Waals surface area contributed by atoms with Gasteiger partial charge < -0.3 is 10.2 Å². The SMILES string of the molecule is O=C1NC2(CCN(CC3CC3)CC2)NC1CC1=CCC=N1. The molecule has 0 bridgehead atoms. The summed E-state index contributed by atoms with van der Waals surface area (Å²) >= 11 is 0. The van der Waals surface area contributed by atoms with Crippen LogP contribution in [0.4, 0.5) is 0 Å². The molecule has 0 aromatic rings. The van der Waals surface area contributed by atoms with Gasteiger partial charge >= 0.3 is 0 Å². The van der Waals surface area contributed by atoms with E-state index in [1.165, 1.54) is 19.4 Å². The molecule has 3 heterocycles. The lowest BCUT2D eigenvalue weighted by molar-refractivity contribution is -0.121. The fourth-order valence-corrected chi connectivity index (χ4v) is 3.71. The predicted molar refractivity (Wildman–Crippen MR) is 82.0 cm³/mol. The molecule has 1 atom stereocenters. The van der Waals surface area contributed by atoms with Crippen LogP contribution in [0.5, 0.6) is 0 Å². The molecule has 3 aliphatic heterocycles. The van der Waals surface area contributed by atoms with E-state index in [4.69, 9.17) is 0 Å². The summed E-state index contributed by atoms with van der Waals surface area (Å²) in [6.45, 7) is 3.45. The number of carbonyl (C=O) groups excluding carboxylic acids is 1. The minimum absolute atomic E-state index is 0.110. The Morgan fingerprint density at radius 3 is 2.81 bits per heavy atom. The molecular weight excluding hydrogens is 264 g/mol. The molecule has 1 spiro atoms. The molecule has 5 nitrogen and oxygen atoms in total. The monoisotopic (exact) mass is 288 g/mol. The van der Waals surface area contributed by atoms with Crippen LogP contribution in [0.3, 0.4) is 0 Å². The lowest BCUT2D eigenvalue weighted by Crippen LogP contribution is -2.57. The number of hydrogen-bond acceptors (Lipinski definition) is 4. The van der Waals surface area contributed by atoms with Crippen molar-refractivity contribution in [2.24, 2.45) is 10.9 Å². The van der Waals surface area contributed by atoms with Gasteiger partial charge in [0, 0.05) is 44.4 Å². The van der Waals surface area contributed by atoms with Crippen molar-refractivity contribution < 1.29 is 4.79 Å². The first-order valence-corrected chi connectivity index (χ1v) is 8.26. The predicted octanol–water partition coefficient (Wildman–Crippen LogP) is 1.02. The van der Waals surface area contributed by atoms with Crippen molar-refractivity contribution in [3.05, 3.63) is 11.8 Å². The zero-order chi connectivity index (χ0) is 14.3. The Bertz CT molecular complexity index is 487. The van der Waals surface area contributed by atoms with Crippen molar-refractivity contribution in [2.45, 2.75) is 50.2 Å². The summed E-state index contributed by atoms with van der Waals surface area (Å²) in [7, 11) is 0. The second-order valence-electron chi connectivity index (χ2n) is 6.96. The van der Waals surface area contributed by atoms with Gasteiger partial charge in [-0.1, -0.05) is 6.08 Å². The molecule has 114 valence electrons. The van der Waals surface area contributed by atoms with Crippen LogP contribution < -0.4 is 10.6 Å². The van der Waals surface area contributed by atoms with Gasteiger partial charge in [0.05, 0.1) is 11.7 Å². The van der Waals surface area contributed by atoms with Gasteiger partial charge in [-0.2, -0.15) is 0 Å². The van der Waals surface area contributed by atoms with Gasteiger partial charge in [0.25, 0.3) is 0 Å². The molecular formula is C16H24N4O. The highest BCUT2D eigenvalue weighted by Gasteiger charge is 2.45. The summed E-state index contributed by atoms with van der Waals surface area (Å²) in [5, 5.41) is 6.80. The summed E-state index contributed by atoms with van der Waals surface area (Å²) in [4.78, 5) is 19.1. The first-order chi connectivity index (χ1) is 10.2. The number of nitrogens with one attached hydrogen (secondary N) is 2. The van der Waals surface area contributed by atoms with E-state index in [1.54, 1.807) is 0 Å².